The minimum Gasteiger partial charge on any atom is -0.339 e. The van der Waals surface area contributed by atoms with Gasteiger partial charge in [-0.25, -0.2) is 17.2 Å². The number of fused-ring (bicyclic) bond motifs is 1. The minimum atomic E-state index is -3.93. The summed E-state index contributed by atoms with van der Waals surface area (Å²) < 4.78 is 53.1. The van der Waals surface area contributed by atoms with Gasteiger partial charge in [0, 0.05) is 31.1 Å². The summed E-state index contributed by atoms with van der Waals surface area (Å²) in [6, 6.07) is 8.89. The molecule has 0 atom stereocenters. The molecule has 0 bridgehead atoms. The lowest BCUT2D eigenvalue weighted by Gasteiger charge is -2.34. The third-order valence-electron chi connectivity index (χ3n) is 5.55. The Balaban J connectivity index is 1.32. The molecule has 1 saturated heterocycles. The van der Waals surface area contributed by atoms with E-state index in [1.165, 1.54) is 33.6 Å². The highest BCUT2D eigenvalue weighted by Crippen LogP contribution is 2.28. The molecule has 1 fully saturated rings. The average Bonchev–Trinajstić information content (AvgIpc) is 3.22. The van der Waals surface area contributed by atoms with Crippen molar-refractivity contribution in [3.8, 4) is 0 Å². The number of sulfonamides is 1. The van der Waals surface area contributed by atoms with Gasteiger partial charge < -0.3 is 4.90 Å². The maximum absolute atomic E-state index is 13.4. The van der Waals surface area contributed by atoms with Crippen molar-refractivity contribution in [3.63, 3.8) is 0 Å². The van der Waals surface area contributed by atoms with Crippen molar-refractivity contribution in [2.75, 3.05) is 31.9 Å². The van der Waals surface area contributed by atoms with Crippen molar-refractivity contribution in [2.45, 2.75) is 29.1 Å². The molecule has 9 heteroatoms. The van der Waals surface area contributed by atoms with Gasteiger partial charge in [0.15, 0.2) is 11.6 Å². The van der Waals surface area contributed by atoms with Crippen LogP contribution in [0.4, 0.5) is 8.78 Å². The van der Waals surface area contributed by atoms with Gasteiger partial charge in [-0.2, -0.15) is 4.31 Å². The van der Waals surface area contributed by atoms with Crippen LogP contribution in [0.2, 0.25) is 0 Å². The van der Waals surface area contributed by atoms with Crippen LogP contribution in [0.1, 0.15) is 17.5 Å². The molecular formula is C21H22F2N2O3S2. The maximum atomic E-state index is 13.4. The van der Waals surface area contributed by atoms with E-state index < -0.39 is 21.7 Å². The number of halogens is 2. The van der Waals surface area contributed by atoms with Gasteiger partial charge in [0.1, 0.15) is 0 Å². The van der Waals surface area contributed by atoms with Gasteiger partial charge in [0.05, 0.1) is 10.6 Å². The van der Waals surface area contributed by atoms with E-state index in [2.05, 4.69) is 18.2 Å². The Morgan fingerprint density at radius 2 is 1.67 bits per heavy atom. The Labute approximate surface area is 179 Å². The van der Waals surface area contributed by atoms with Crippen molar-refractivity contribution >= 4 is 27.7 Å². The number of hydrogen-bond acceptors (Lipinski definition) is 4. The summed E-state index contributed by atoms with van der Waals surface area (Å²) in [5, 5.41) is 0. The van der Waals surface area contributed by atoms with Crippen molar-refractivity contribution in [3.05, 3.63) is 59.2 Å². The third kappa shape index (κ3) is 4.38. The lowest BCUT2D eigenvalue weighted by molar-refractivity contribution is -0.129. The van der Waals surface area contributed by atoms with E-state index in [-0.39, 0.29) is 37.0 Å². The van der Waals surface area contributed by atoms with E-state index in [1.807, 2.05) is 0 Å². The number of thioether (sulfide) groups is 1. The van der Waals surface area contributed by atoms with Gasteiger partial charge in [-0.15, -0.1) is 11.8 Å². The molecule has 0 aromatic heterocycles. The first-order valence-electron chi connectivity index (χ1n) is 9.82. The number of piperazine rings is 1. The molecule has 4 rings (SSSR count). The Kier molecular flexibility index (Phi) is 6.13. The first-order valence-corrected chi connectivity index (χ1v) is 12.2. The standard InChI is InChI=1S/C21H22F2N2O3S2/c22-19-7-6-18(13-20(19)23)30(27,28)25-10-8-24(9-11-25)21(26)14-29-17-5-4-15-2-1-3-16(15)12-17/h4-7,12-13H,1-3,8-11,14H2. The van der Waals surface area contributed by atoms with E-state index in [0.29, 0.717) is 11.8 Å². The fraction of sp³-hybridized carbons (Fsp3) is 0.381. The summed E-state index contributed by atoms with van der Waals surface area (Å²) in [7, 11) is -3.93. The number of aryl methyl sites for hydroxylation is 2. The minimum absolute atomic E-state index is 0.0367. The van der Waals surface area contributed by atoms with Crippen LogP contribution in [0.25, 0.3) is 0 Å². The number of rotatable bonds is 5. The maximum Gasteiger partial charge on any atom is 0.243 e. The Bertz CT molecular complexity index is 1070. The fourth-order valence-corrected chi connectivity index (χ4v) is 6.14. The van der Waals surface area contributed by atoms with Crippen molar-refractivity contribution in [1.29, 1.82) is 0 Å². The predicted molar refractivity (Wildman–Crippen MR) is 111 cm³/mol. The molecule has 2 aromatic rings. The number of carbonyl (C=O) groups excluding carboxylic acids is 1. The third-order valence-corrected chi connectivity index (χ3v) is 8.43. The SMILES string of the molecule is O=C(CSc1ccc2c(c1)CCC2)N1CCN(S(=O)(=O)c2ccc(F)c(F)c2)CC1. The summed E-state index contributed by atoms with van der Waals surface area (Å²) >= 11 is 1.49. The zero-order valence-electron chi connectivity index (χ0n) is 16.3. The molecule has 0 spiro atoms. The second-order valence-corrected chi connectivity index (χ2v) is 10.4. The van der Waals surface area contributed by atoms with Crippen LogP contribution in [-0.2, 0) is 27.7 Å². The molecule has 2 aromatic carbocycles. The van der Waals surface area contributed by atoms with Crippen LogP contribution < -0.4 is 0 Å². The molecule has 0 unspecified atom stereocenters. The van der Waals surface area contributed by atoms with Crippen LogP contribution in [0.5, 0.6) is 0 Å². The Morgan fingerprint density at radius 3 is 2.40 bits per heavy atom. The number of hydrogen-bond donors (Lipinski definition) is 0. The number of nitrogens with zero attached hydrogens (tertiary/aromatic N) is 2. The summed E-state index contributed by atoms with van der Waals surface area (Å²) in [5.74, 6) is -2.03. The molecule has 2 aliphatic rings. The second-order valence-electron chi connectivity index (χ2n) is 7.43. The molecule has 0 N–H and O–H groups in total. The first-order chi connectivity index (χ1) is 14.3. The molecule has 0 saturated carbocycles. The summed E-state index contributed by atoms with van der Waals surface area (Å²) in [6.07, 6.45) is 3.39. The molecule has 1 aliphatic heterocycles. The predicted octanol–water partition coefficient (Wildman–Crippen LogP) is 3.08. The van der Waals surface area contributed by atoms with Gasteiger partial charge in [-0.3, -0.25) is 4.79 Å². The van der Waals surface area contributed by atoms with Gasteiger partial charge in [-0.1, -0.05) is 6.07 Å². The Morgan fingerprint density at radius 1 is 0.933 bits per heavy atom. The van der Waals surface area contributed by atoms with Crippen molar-refractivity contribution in [1.82, 2.24) is 9.21 Å². The zero-order valence-corrected chi connectivity index (χ0v) is 17.9. The number of amides is 1. The highest BCUT2D eigenvalue weighted by atomic mass is 32.2. The van der Waals surface area contributed by atoms with Crippen LogP contribution >= 0.6 is 11.8 Å². The van der Waals surface area contributed by atoms with E-state index in [1.54, 1.807) is 4.90 Å². The summed E-state index contributed by atoms with van der Waals surface area (Å²) in [6.45, 7) is 0.784. The van der Waals surface area contributed by atoms with Gasteiger partial charge >= 0.3 is 0 Å². The van der Waals surface area contributed by atoms with E-state index in [0.717, 1.165) is 29.9 Å². The summed E-state index contributed by atoms with van der Waals surface area (Å²) in [5.41, 5.74) is 2.76. The van der Waals surface area contributed by atoms with E-state index in [9.17, 15) is 22.0 Å². The van der Waals surface area contributed by atoms with Crippen LogP contribution in [-0.4, -0.2) is 55.5 Å². The second kappa shape index (κ2) is 8.64. The summed E-state index contributed by atoms with van der Waals surface area (Å²) in [4.78, 5) is 15.0. The first kappa shape index (κ1) is 21.3. The van der Waals surface area contributed by atoms with E-state index >= 15 is 0 Å². The number of carbonyl (C=O) groups is 1. The zero-order chi connectivity index (χ0) is 21.3. The van der Waals surface area contributed by atoms with Crippen LogP contribution in [0.3, 0.4) is 0 Å². The smallest absolute Gasteiger partial charge is 0.243 e. The molecule has 30 heavy (non-hydrogen) atoms. The molecule has 1 aliphatic carbocycles. The highest BCUT2D eigenvalue weighted by Gasteiger charge is 2.30. The Hall–Kier alpha value is -1.97. The molecule has 160 valence electrons. The fourth-order valence-electron chi connectivity index (χ4n) is 3.84. The normalized spacial score (nSPS) is 17.2. The van der Waals surface area contributed by atoms with Crippen molar-refractivity contribution < 1.29 is 22.0 Å². The van der Waals surface area contributed by atoms with Crippen molar-refractivity contribution in [2.24, 2.45) is 0 Å². The molecular weight excluding hydrogens is 430 g/mol. The van der Waals surface area contributed by atoms with E-state index in [4.69, 9.17) is 0 Å². The molecule has 0 radical (unpaired) electrons. The van der Waals surface area contributed by atoms with Crippen LogP contribution in [0.15, 0.2) is 46.2 Å². The lowest BCUT2D eigenvalue weighted by Crippen LogP contribution is -2.51. The quantitative estimate of drug-likeness (QED) is 0.655. The molecule has 1 heterocycles. The topological polar surface area (TPSA) is 57.7 Å². The monoisotopic (exact) mass is 452 g/mol. The van der Waals surface area contributed by atoms with Gasteiger partial charge in [0.2, 0.25) is 15.9 Å². The van der Waals surface area contributed by atoms with Gasteiger partial charge in [0.25, 0.3) is 0 Å². The van der Waals surface area contributed by atoms with Gasteiger partial charge in [-0.05, 0) is 60.7 Å². The average molecular weight is 453 g/mol. The molecule has 5 nitrogen and oxygen atoms in total. The highest BCUT2D eigenvalue weighted by molar-refractivity contribution is 8.00. The van der Waals surface area contributed by atoms with Crippen LogP contribution in [0, 0.1) is 11.6 Å². The molecule has 1 amide bonds. The number of benzene rings is 2. The largest absolute Gasteiger partial charge is 0.339 e. The lowest BCUT2D eigenvalue weighted by atomic mass is 10.1.